The average Bonchev–Trinajstić information content (AvgIpc) is 3.55. The van der Waals surface area contributed by atoms with Gasteiger partial charge in [-0.25, -0.2) is 0 Å². The lowest BCUT2D eigenvalue weighted by molar-refractivity contribution is -0.160. The summed E-state index contributed by atoms with van der Waals surface area (Å²) < 4.78 is 17.9. The van der Waals surface area contributed by atoms with Gasteiger partial charge >= 0.3 is 5.97 Å². The normalized spacial score (nSPS) is 30.4. The lowest BCUT2D eigenvalue weighted by Gasteiger charge is -2.37. The molecule has 2 unspecified atom stereocenters. The quantitative estimate of drug-likeness (QED) is 0.148. The number of esters is 1. The van der Waals surface area contributed by atoms with Crippen LogP contribution in [0.3, 0.4) is 0 Å². The number of nitrogens with zero attached hydrogens (tertiary/aromatic N) is 3. The van der Waals surface area contributed by atoms with Gasteiger partial charge in [-0.3, -0.25) is 19.3 Å². The van der Waals surface area contributed by atoms with E-state index in [1.807, 2.05) is 13.0 Å². The molecule has 0 aromatic carbocycles. The first-order valence-corrected chi connectivity index (χ1v) is 15.9. The van der Waals surface area contributed by atoms with Crippen LogP contribution in [0.4, 0.5) is 0 Å². The smallest absolute Gasteiger partial charge is 0.312 e. The number of hydrogen-bond acceptors (Lipinski definition) is 8. The van der Waals surface area contributed by atoms with E-state index in [-0.39, 0.29) is 18.4 Å². The number of fused-ring (bicyclic) bond motifs is 1. The van der Waals surface area contributed by atoms with E-state index in [4.69, 9.17) is 14.2 Å². The summed E-state index contributed by atoms with van der Waals surface area (Å²) >= 11 is 0. The van der Waals surface area contributed by atoms with Gasteiger partial charge in [-0.2, -0.15) is 0 Å². The van der Waals surface area contributed by atoms with E-state index in [2.05, 4.69) is 18.1 Å². The first kappa shape index (κ1) is 32.6. The minimum absolute atomic E-state index is 0.137. The lowest BCUT2D eigenvalue weighted by Crippen LogP contribution is -2.57. The molecule has 10 heteroatoms. The summed E-state index contributed by atoms with van der Waals surface area (Å²) in [4.78, 5) is 48.0. The third-order valence-corrected chi connectivity index (χ3v) is 9.57. The van der Waals surface area contributed by atoms with Crippen molar-refractivity contribution in [3.63, 3.8) is 0 Å². The molecule has 1 spiro atoms. The van der Waals surface area contributed by atoms with Gasteiger partial charge < -0.3 is 29.1 Å². The van der Waals surface area contributed by atoms with Crippen molar-refractivity contribution in [1.82, 2.24) is 14.7 Å². The monoisotopic (exact) mass is 589 g/mol. The molecule has 4 aliphatic rings. The lowest BCUT2D eigenvalue weighted by atomic mass is 9.66. The molecule has 10 nitrogen and oxygen atoms in total. The second kappa shape index (κ2) is 14.9. The summed E-state index contributed by atoms with van der Waals surface area (Å²) in [7, 11) is 0. The van der Waals surface area contributed by atoms with Crippen LogP contribution in [-0.2, 0) is 28.6 Å². The third-order valence-electron chi connectivity index (χ3n) is 9.57. The maximum atomic E-state index is 14.5. The first-order valence-electron chi connectivity index (χ1n) is 15.9. The van der Waals surface area contributed by atoms with Crippen molar-refractivity contribution in [2.24, 2.45) is 11.8 Å². The summed E-state index contributed by atoms with van der Waals surface area (Å²) in [5.41, 5.74) is -1.90. The standard InChI is InChI=1S/C32H51N3O7/c1-4-6-7-12-22-41-30(39)26-25-28(37)35(16-10-8-9-11-21-36)27(32(25)14-13-31(26,3)42-32)29(38)34(15-5-2)18-17-33-19-23-40-24-20-33/h4-5,25-27,36H,1-2,6-24H2,3H3/t25-,26+,27?,31-,32?/m0/s1. The van der Waals surface area contributed by atoms with Crippen LogP contribution in [-0.4, -0.2) is 121 Å². The predicted molar refractivity (Wildman–Crippen MR) is 159 cm³/mol. The number of carbonyl (C=O) groups excluding carboxylic acids is 3. The Labute approximate surface area is 251 Å². The van der Waals surface area contributed by atoms with Gasteiger partial charge in [0.15, 0.2) is 0 Å². The Morgan fingerprint density at radius 2 is 1.83 bits per heavy atom. The number of amides is 2. The van der Waals surface area contributed by atoms with Crippen molar-refractivity contribution in [1.29, 1.82) is 0 Å². The van der Waals surface area contributed by atoms with Crippen molar-refractivity contribution in [3.05, 3.63) is 25.3 Å². The summed E-state index contributed by atoms with van der Waals surface area (Å²) in [6, 6.07) is -0.801. The Balaban J connectivity index is 1.57. The molecule has 4 rings (SSSR count). The van der Waals surface area contributed by atoms with Crippen LogP contribution < -0.4 is 0 Å². The number of rotatable bonds is 18. The molecule has 0 aromatic heterocycles. The Bertz CT molecular complexity index is 970. The van der Waals surface area contributed by atoms with Crippen LogP contribution >= 0.6 is 0 Å². The molecule has 4 heterocycles. The summed E-state index contributed by atoms with van der Waals surface area (Å²) in [6.45, 7) is 15.0. The van der Waals surface area contributed by atoms with Gasteiger partial charge in [0.05, 0.1) is 31.3 Å². The number of aliphatic hydroxyl groups excluding tert-OH is 1. The second-order valence-electron chi connectivity index (χ2n) is 12.4. The van der Waals surface area contributed by atoms with E-state index < -0.39 is 35.0 Å². The van der Waals surface area contributed by atoms with E-state index in [1.165, 1.54) is 0 Å². The molecule has 42 heavy (non-hydrogen) atoms. The molecule has 0 radical (unpaired) electrons. The fourth-order valence-corrected chi connectivity index (χ4v) is 7.41. The maximum Gasteiger partial charge on any atom is 0.312 e. The molecule has 0 aliphatic carbocycles. The highest BCUT2D eigenvalue weighted by Gasteiger charge is 2.78. The summed E-state index contributed by atoms with van der Waals surface area (Å²) in [6.07, 6.45) is 10.3. The first-order chi connectivity index (χ1) is 20.3. The van der Waals surface area contributed by atoms with Gasteiger partial charge in [0.2, 0.25) is 11.8 Å². The molecule has 4 saturated heterocycles. The van der Waals surface area contributed by atoms with Gasteiger partial charge in [0, 0.05) is 45.9 Å². The fraction of sp³-hybridized carbons (Fsp3) is 0.781. The van der Waals surface area contributed by atoms with E-state index in [9.17, 15) is 19.5 Å². The van der Waals surface area contributed by atoms with Crippen molar-refractivity contribution >= 4 is 17.8 Å². The molecular formula is C32H51N3O7. The zero-order valence-electron chi connectivity index (χ0n) is 25.5. The van der Waals surface area contributed by atoms with Gasteiger partial charge in [-0.1, -0.05) is 25.0 Å². The Morgan fingerprint density at radius 1 is 1.07 bits per heavy atom. The number of ether oxygens (including phenoxy) is 3. The van der Waals surface area contributed by atoms with E-state index in [1.54, 1.807) is 15.9 Å². The minimum atomic E-state index is -1.06. The third kappa shape index (κ3) is 6.77. The van der Waals surface area contributed by atoms with Crippen molar-refractivity contribution in [2.45, 2.75) is 82.0 Å². The molecule has 4 aliphatic heterocycles. The predicted octanol–water partition coefficient (Wildman–Crippen LogP) is 2.55. The zero-order chi connectivity index (χ0) is 30.2. The van der Waals surface area contributed by atoms with Crippen LogP contribution in [0.1, 0.15) is 64.7 Å². The number of likely N-dealkylation sites (tertiary alicyclic amines) is 1. The van der Waals surface area contributed by atoms with Gasteiger partial charge in [0.1, 0.15) is 17.6 Å². The Kier molecular flexibility index (Phi) is 11.6. The average molecular weight is 590 g/mol. The van der Waals surface area contributed by atoms with Crippen LogP contribution in [0.5, 0.6) is 0 Å². The summed E-state index contributed by atoms with van der Waals surface area (Å²) in [5.74, 6) is -2.21. The molecule has 0 aromatic rings. The molecular weight excluding hydrogens is 538 g/mol. The number of aliphatic hydroxyl groups is 1. The van der Waals surface area contributed by atoms with Crippen LogP contribution in [0.25, 0.3) is 0 Å². The zero-order valence-corrected chi connectivity index (χ0v) is 25.5. The Morgan fingerprint density at radius 3 is 2.55 bits per heavy atom. The van der Waals surface area contributed by atoms with Crippen LogP contribution in [0.2, 0.25) is 0 Å². The molecule has 2 bridgehead atoms. The summed E-state index contributed by atoms with van der Waals surface area (Å²) in [5, 5.41) is 9.18. The fourth-order valence-electron chi connectivity index (χ4n) is 7.41. The topological polar surface area (TPSA) is 109 Å². The van der Waals surface area contributed by atoms with E-state index in [0.717, 1.165) is 45.2 Å². The largest absolute Gasteiger partial charge is 0.465 e. The molecule has 5 atom stereocenters. The number of carbonyl (C=O) groups is 3. The second-order valence-corrected chi connectivity index (χ2v) is 12.4. The number of unbranched alkanes of at least 4 members (excludes halogenated alkanes) is 5. The van der Waals surface area contributed by atoms with Crippen LogP contribution in [0.15, 0.2) is 25.3 Å². The number of allylic oxidation sites excluding steroid dienone is 1. The molecule has 236 valence electrons. The van der Waals surface area contributed by atoms with E-state index >= 15 is 0 Å². The highest BCUT2D eigenvalue weighted by atomic mass is 16.6. The van der Waals surface area contributed by atoms with Crippen molar-refractivity contribution in [3.8, 4) is 0 Å². The molecule has 2 amide bonds. The highest BCUT2D eigenvalue weighted by Crippen LogP contribution is 2.63. The minimum Gasteiger partial charge on any atom is -0.465 e. The molecule has 1 N–H and O–H groups in total. The van der Waals surface area contributed by atoms with Gasteiger partial charge in [-0.05, 0) is 51.9 Å². The number of morpholine rings is 1. The molecule has 0 saturated carbocycles. The van der Waals surface area contributed by atoms with E-state index in [0.29, 0.717) is 71.7 Å². The highest BCUT2D eigenvalue weighted by molar-refractivity contribution is 5.98. The molecule has 4 fully saturated rings. The van der Waals surface area contributed by atoms with Crippen molar-refractivity contribution < 1.29 is 33.7 Å². The van der Waals surface area contributed by atoms with Gasteiger partial charge in [0.25, 0.3) is 0 Å². The Hall–Kier alpha value is -2.27. The van der Waals surface area contributed by atoms with Gasteiger partial charge in [-0.15, -0.1) is 13.2 Å². The maximum absolute atomic E-state index is 14.5. The van der Waals surface area contributed by atoms with Crippen LogP contribution in [0, 0.1) is 11.8 Å². The number of hydrogen-bond donors (Lipinski definition) is 1. The van der Waals surface area contributed by atoms with Crippen molar-refractivity contribution in [2.75, 3.05) is 65.7 Å². The SMILES string of the molecule is C=CCCCCOC(=O)[C@H]1[C@H]2C(=O)N(CCCCCCO)C(C(=O)N(CC=C)CCN3CCOCC3)C23CC[C@]1(C)O3.